The molecule has 0 saturated carbocycles. The van der Waals surface area contributed by atoms with E-state index in [4.69, 9.17) is 25.5 Å². The van der Waals surface area contributed by atoms with Crippen LogP contribution in [0.4, 0.5) is 0 Å². The number of esters is 2. The zero-order chi connectivity index (χ0) is 16.0. The SMILES string of the molecule is CCOC(=O)C(C(=O)OCC)C(=O)c1cc(CCl)c(C)o1. The van der Waals surface area contributed by atoms with Crippen LogP contribution < -0.4 is 0 Å². The molecular formula is C14H17ClO6. The van der Waals surface area contributed by atoms with Gasteiger partial charge in [-0.1, -0.05) is 0 Å². The number of Topliss-reactive ketones (excluding diaryl/α,β-unsaturated/α-hetero) is 1. The zero-order valence-corrected chi connectivity index (χ0v) is 12.9. The average molecular weight is 317 g/mol. The van der Waals surface area contributed by atoms with Crippen molar-refractivity contribution in [1.29, 1.82) is 0 Å². The van der Waals surface area contributed by atoms with Crippen molar-refractivity contribution in [3.8, 4) is 0 Å². The Morgan fingerprint density at radius 3 is 2.10 bits per heavy atom. The molecule has 0 spiro atoms. The molecule has 7 heteroatoms. The summed E-state index contributed by atoms with van der Waals surface area (Å²) in [7, 11) is 0. The number of hydrogen-bond acceptors (Lipinski definition) is 6. The summed E-state index contributed by atoms with van der Waals surface area (Å²) in [6.07, 6.45) is 0. The minimum absolute atomic E-state index is 0.0477. The standard InChI is InChI=1S/C14H17ClO6/c1-4-19-13(17)11(14(18)20-5-2)12(16)10-6-9(7-15)8(3)21-10/h6,11H,4-5,7H2,1-3H3. The Bertz CT molecular complexity index is 516. The number of aryl methyl sites for hydroxylation is 1. The maximum atomic E-state index is 12.3. The number of hydrogen-bond donors (Lipinski definition) is 0. The van der Waals surface area contributed by atoms with Gasteiger partial charge in [0, 0.05) is 5.56 Å². The first-order valence-corrected chi connectivity index (χ1v) is 7.02. The van der Waals surface area contributed by atoms with Gasteiger partial charge in [-0.15, -0.1) is 11.6 Å². The number of rotatable bonds is 7. The molecule has 1 rings (SSSR count). The molecule has 0 aliphatic heterocycles. The van der Waals surface area contributed by atoms with Crippen molar-refractivity contribution >= 4 is 29.3 Å². The van der Waals surface area contributed by atoms with Gasteiger partial charge in [0.1, 0.15) is 5.76 Å². The van der Waals surface area contributed by atoms with Crippen LogP contribution in [-0.4, -0.2) is 30.9 Å². The van der Waals surface area contributed by atoms with Crippen molar-refractivity contribution in [3.63, 3.8) is 0 Å². The van der Waals surface area contributed by atoms with Crippen molar-refractivity contribution in [2.24, 2.45) is 5.92 Å². The first-order chi connectivity index (χ1) is 9.96. The summed E-state index contributed by atoms with van der Waals surface area (Å²) in [5, 5.41) is 0. The topological polar surface area (TPSA) is 82.8 Å². The Balaban J connectivity index is 3.08. The van der Waals surface area contributed by atoms with E-state index in [1.165, 1.54) is 6.07 Å². The van der Waals surface area contributed by atoms with Crippen LogP contribution >= 0.6 is 11.6 Å². The summed E-state index contributed by atoms with van der Waals surface area (Å²) in [6, 6.07) is 1.41. The molecule has 1 heterocycles. The van der Waals surface area contributed by atoms with Gasteiger partial charge in [0.05, 0.1) is 19.1 Å². The number of ether oxygens (including phenoxy) is 2. The fourth-order valence-corrected chi connectivity index (χ4v) is 1.94. The predicted octanol–water partition coefficient (Wildman–Crippen LogP) is 2.25. The van der Waals surface area contributed by atoms with Crippen molar-refractivity contribution in [2.45, 2.75) is 26.7 Å². The lowest BCUT2D eigenvalue weighted by Gasteiger charge is -2.12. The highest BCUT2D eigenvalue weighted by Crippen LogP contribution is 2.21. The second-order valence-electron chi connectivity index (χ2n) is 4.13. The van der Waals surface area contributed by atoms with Crippen molar-refractivity contribution in [3.05, 3.63) is 23.2 Å². The average Bonchev–Trinajstić information content (AvgIpc) is 2.80. The molecule has 0 bridgehead atoms. The van der Waals surface area contributed by atoms with E-state index in [2.05, 4.69) is 0 Å². The summed E-state index contributed by atoms with van der Waals surface area (Å²) in [4.78, 5) is 36.0. The normalized spacial score (nSPS) is 10.5. The lowest BCUT2D eigenvalue weighted by molar-refractivity contribution is -0.158. The Kier molecular flexibility index (Phi) is 6.42. The van der Waals surface area contributed by atoms with E-state index in [-0.39, 0.29) is 24.9 Å². The molecule has 0 unspecified atom stereocenters. The monoisotopic (exact) mass is 316 g/mol. The van der Waals surface area contributed by atoms with Crippen LogP contribution in [0, 0.1) is 12.8 Å². The van der Waals surface area contributed by atoms with E-state index in [1.807, 2.05) is 0 Å². The molecular weight excluding hydrogens is 300 g/mol. The Morgan fingerprint density at radius 1 is 1.19 bits per heavy atom. The summed E-state index contributed by atoms with van der Waals surface area (Å²) >= 11 is 5.70. The highest BCUT2D eigenvalue weighted by molar-refractivity contribution is 6.20. The van der Waals surface area contributed by atoms with E-state index in [0.717, 1.165) is 0 Å². The van der Waals surface area contributed by atoms with Gasteiger partial charge in [0.15, 0.2) is 5.76 Å². The van der Waals surface area contributed by atoms with Gasteiger partial charge in [0.2, 0.25) is 11.7 Å². The number of carbonyl (C=O) groups excluding carboxylic acids is 3. The molecule has 6 nitrogen and oxygen atoms in total. The highest BCUT2D eigenvalue weighted by atomic mass is 35.5. The molecule has 0 aromatic carbocycles. The third-order valence-corrected chi connectivity index (χ3v) is 3.00. The highest BCUT2D eigenvalue weighted by Gasteiger charge is 2.39. The minimum Gasteiger partial charge on any atom is -0.465 e. The molecule has 0 radical (unpaired) electrons. The molecule has 0 atom stereocenters. The van der Waals surface area contributed by atoms with Crippen molar-refractivity contribution in [2.75, 3.05) is 13.2 Å². The Hall–Kier alpha value is -1.82. The minimum atomic E-state index is -1.68. The van der Waals surface area contributed by atoms with E-state index in [1.54, 1.807) is 20.8 Å². The summed E-state index contributed by atoms with van der Waals surface area (Å²) < 4.78 is 14.8. The number of alkyl halides is 1. The fourth-order valence-electron chi connectivity index (χ4n) is 1.68. The van der Waals surface area contributed by atoms with Gasteiger partial charge in [-0.2, -0.15) is 0 Å². The van der Waals surface area contributed by atoms with Crippen LogP contribution in [0.25, 0.3) is 0 Å². The third-order valence-electron chi connectivity index (χ3n) is 2.71. The molecule has 0 fully saturated rings. The van der Waals surface area contributed by atoms with E-state index >= 15 is 0 Å². The van der Waals surface area contributed by atoms with Crippen molar-refractivity contribution in [1.82, 2.24) is 0 Å². The molecule has 0 aliphatic rings. The largest absolute Gasteiger partial charge is 0.465 e. The third kappa shape index (κ3) is 4.07. The lowest BCUT2D eigenvalue weighted by atomic mass is 10.0. The first-order valence-electron chi connectivity index (χ1n) is 6.48. The van der Waals surface area contributed by atoms with E-state index in [0.29, 0.717) is 11.3 Å². The second-order valence-corrected chi connectivity index (χ2v) is 4.39. The van der Waals surface area contributed by atoms with E-state index < -0.39 is 23.6 Å². The molecule has 0 N–H and O–H groups in total. The summed E-state index contributed by atoms with van der Waals surface area (Å²) in [5.41, 5.74) is 0.617. The molecule has 21 heavy (non-hydrogen) atoms. The van der Waals surface area contributed by atoms with Crippen molar-refractivity contribution < 1.29 is 28.3 Å². The van der Waals surface area contributed by atoms with Crippen LogP contribution in [-0.2, 0) is 24.9 Å². The fraction of sp³-hybridized carbons (Fsp3) is 0.500. The van der Waals surface area contributed by atoms with Gasteiger partial charge >= 0.3 is 11.9 Å². The second kappa shape index (κ2) is 7.83. The van der Waals surface area contributed by atoms with Gasteiger partial charge in [0.25, 0.3) is 0 Å². The van der Waals surface area contributed by atoms with Crippen LogP contribution in [0.3, 0.4) is 0 Å². The molecule has 0 amide bonds. The van der Waals surface area contributed by atoms with Crippen LogP contribution in [0.5, 0.6) is 0 Å². The molecule has 1 aromatic heterocycles. The van der Waals surface area contributed by atoms with Gasteiger partial charge < -0.3 is 13.9 Å². The molecule has 1 aromatic rings. The smallest absolute Gasteiger partial charge is 0.328 e. The number of halogens is 1. The Morgan fingerprint density at radius 2 is 1.71 bits per heavy atom. The number of carbonyl (C=O) groups is 3. The maximum absolute atomic E-state index is 12.3. The summed E-state index contributed by atoms with van der Waals surface area (Å²) in [5.74, 6) is -3.89. The van der Waals surface area contributed by atoms with Gasteiger partial charge in [-0.3, -0.25) is 14.4 Å². The quantitative estimate of drug-likeness (QED) is 0.332. The van der Waals surface area contributed by atoms with Crippen LogP contribution in [0.15, 0.2) is 10.5 Å². The maximum Gasteiger partial charge on any atom is 0.328 e. The van der Waals surface area contributed by atoms with E-state index in [9.17, 15) is 14.4 Å². The van der Waals surface area contributed by atoms with Gasteiger partial charge in [-0.25, -0.2) is 0 Å². The number of ketones is 1. The predicted molar refractivity (Wildman–Crippen MR) is 74.1 cm³/mol. The number of furan rings is 1. The molecule has 116 valence electrons. The first kappa shape index (κ1) is 17.2. The lowest BCUT2D eigenvalue weighted by Crippen LogP contribution is -2.34. The molecule has 0 aliphatic carbocycles. The van der Waals surface area contributed by atoms with Crippen LogP contribution in [0.2, 0.25) is 0 Å². The summed E-state index contributed by atoms with van der Waals surface area (Å²) in [6.45, 7) is 4.89. The zero-order valence-electron chi connectivity index (χ0n) is 12.1. The Labute approximate surface area is 127 Å². The van der Waals surface area contributed by atoms with Crippen LogP contribution in [0.1, 0.15) is 35.7 Å². The molecule has 0 saturated heterocycles. The van der Waals surface area contributed by atoms with Gasteiger partial charge in [-0.05, 0) is 26.8 Å².